The summed E-state index contributed by atoms with van der Waals surface area (Å²) >= 11 is 0. The molecule has 1 rings (SSSR count). The summed E-state index contributed by atoms with van der Waals surface area (Å²) in [6.07, 6.45) is 1.40. The number of hydrogen-bond donors (Lipinski definition) is 3. The van der Waals surface area contributed by atoms with Crippen molar-refractivity contribution in [2.75, 3.05) is 0 Å². The van der Waals surface area contributed by atoms with Gasteiger partial charge in [-0.05, 0) is 24.1 Å². The molecule has 0 aliphatic rings. The lowest BCUT2D eigenvalue weighted by Crippen LogP contribution is -2.10. The Morgan fingerprint density at radius 2 is 2.00 bits per heavy atom. The molecule has 0 heterocycles. The molecule has 3 N–H and O–H groups in total. The Hall–Kier alpha value is -0.830. The van der Waals surface area contributed by atoms with Gasteiger partial charge in [-0.3, -0.25) is 4.57 Å². The highest BCUT2D eigenvalue weighted by Crippen LogP contribution is 2.36. The molecule has 1 aromatic carbocycles. The van der Waals surface area contributed by atoms with Gasteiger partial charge in [0.15, 0.2) is 0 Å². The van der Waals surface area contributed by atoms with E-state index in [9.17, 15) is 4.57 Å². The zero-order valence-electron chi connectivity index (χ0n) is 7.84. The highest BCUT2D eigenvalue weighted by Gasteiger charge is 2.21. The van der Waals surface area contributed by atoms with Crippen LogP contribution in [0.1, 0.15) is 18.9 Å². The summed E-state index contributed by atoms with van der Waals surface area (Å²) in [7, 11) is -4.27. The SMILES string of the molecule is CCCc1ccc(O)cc1P(=O)(O)O. The van der Waals surface area contributed by atoms with Crippen LogP contribution in [-0.4, -0.2) is 14.9 Å². The van der Waals surface area contributed by atoms with E-state index in [1.165, 1.54) is 6.07 Å². The second kappa shape index (κ2) is 4.13. The molecule has 1 aromatic rings. The van der Waals surface area contributed by atoms with Crippen LogP contribution in [-0.2, 0) is 11.0 Å². The molecule has 0 unspecified atom stereocenters. The fourth-order valence-corrected chi connectivity index (χ4v) is 2.17. The number of benzene rings is 1. The summed E-state index contributed by atoms with van der Waals surface area (Å²) in [4.78, 5) is 18.0. The Morgan fingerprint density at radius 3 is 2.50 bits per heavy atom. The van der Waals surface area contributed by atoms with Crippen LogP contribution in [0.2, 0.25) is 0 Å². The van der Waals surface area contributed by atoms with Crippen molar-refractivity contribution in [3.8, 4) is 5.75 Å². The quantitative estimate of drug-likeness (QED) is 0.662. The average Bonchev–Trinajstić information content (AvgIpc) is 2.07. The molecule has 0 amide bonds. The minimum absolute atomic E-state index is 0.0700. The largest absolute Gasteiger partial charge is 0.508 e. The van der Waals surface area contributed by atoms with Gasteiger partial charge in [0.25, 0.3) is 0 Å². The molecule has 0 radical (unpaired) electrons. The molecule has 14 heavy (non-hydrogen) atoms. The lowest BCUT2D eigenvalue weighted by molar-refractivity contribution is 0.386. The molecule has 4 nitrogen and oxygen atoms in total. The maximum Gasteiger partial charge on any atom is 0.356 e. The smallest absolute Gasteiger partial charge is 0.356 e. The average molecular weight is 216 g/mol. The summed E-state index contributed by atoms with van der Waals surface area (Å²) < 4.78 is 11.1. The molecule has 0 aliphatic carbocycles. The molecule has 0 saturated carbocycles. The van der Waals surface area contributed by atoms with E-state index >= 15 is 0 Å². The Bertz CT molecular complexity index is 369. The van der Waals surface area contributed by atoms with Gasteiger partial charge in [-0.15, -0.1) is 0 Å². The second-order valence-corrected chi connectivity index (χ2v) is 4.68. The van der Waals surface area contributed by atoms with Crippen LogP contribution < -0.4 is 5.30 Å². The van der Waals surface area contributed by atoms with E-state index in [0.29, 0.717) is 12.0 Å². The van der Waals surface area contributed by atoms with Gasteiger partial charge in [-0.25, -0.2) is 0 Å². The number of phenols is 1. The first kappa shape index (κ1) is 11.2. The van der Waals surface area contributed by atoms with Crippen molar-refractivity contribution >= 4 is 12.9 Å². The fraction of sp³-hybridized carbons (Fsp3) is 0.333. The van der Waals surface area contributed by atoms with Crippen molar-refractivity contribution in [1.82, 2.24) is 0 Å². The van der Waals surface area contributed by atoms with Crippen molar-refractivity contribution in [2.24, 2.45) is 0 Å². The van der Waals surface area contributed by atoms with E-state index in [-0.39, 0.29) is 11.1 Å². The van der Waals surface area contributed by atoms with Crippen molar-refractivity contribution in [2.45, 2.75) is 19.8 Å². The van der Waals surface area contributed by atoms with E-state index in [2.05, 4.69) is 0 Å². The molecule has 0 fully saturated rings. The molecule has 0 aromatic heterocycles. The van der Waals surface area contributed by atoms with Crippen LogP contribution in [0, 0.1) is 0 Å². The highest BCUT2D eigenvalue weighted by molar-refractivity contribution is 7.60. The Morgan fingerprint density at radius 1 is 1.36 bits per heavy atom. The van der Waals surface area contributed by atoms with E-state index in [1.807, 2.05) is 6.92 Å². The molecule has 0 saturated heterocycles. The molecule has 0 aliphatic heterocycles. The van der Waals surface area contributed by atoms with Gasteiger partial charge in [-0.1, -0.05) is 19.4 Å². The van der Waals surface area contributed by atoms with Crippen molar-refractivity contribution < 1.29 is 19.5 Å². The lowest BCUT2D eigenvalue weighted by atomic mass is 10.1. The number of phenolic OH excluding ortho intramolecular Hbond substituents is 1. The van der Waals surface area contributed by atoms with Crippen molar-refractivity contribution in [1.29, 1.82) is 0 Å². The lowest BCUT2D eigenvalue weighted by Gasteiger charge is -2.10. The third-order valence-electron chi connectivity index (χ3n) is 1.90. The third kappa shape index (κ3) is 2.58. The van der Waals surface area contributed by atoms with Crippen LogP contribution in [0.5, 0.6) is 5.75 Å². The normalized spacial score (nSPS) is 11.6. The zero-order chi connectivity index (χ0) is 10.8. The molecule has 78 valence electrons. The van der Waals surface area contributed by atoms with E-state index in [0.717, 1.165) is 12.5 Å². The number of hydrogen-bond acceptors (Lipinski definition) is 2. The maximum atomic E-state index is 11.1. The maximum absolute atomic E-state index is 11.1. The predicted octanol–water partition coefficient (Wildman–Crippen LogP) is 1.15. The van der Waals surface area contributed by atoms with Gasteiger partial charge in [0, 0.05) is 0 Å². The van der Waals surface area contributed by atoms with E-state index in [4.69, 9.17) is 14.9 Å². The molecular formula is C9H13O4P. The van der Waals surface area contributed by atoms with Gasteiger partial charge >= 0.3 is 7.60 Å². The summed E-state index contributed by atoms with van der Waals surface area (Å²) in [5.41, 5.74) is 0.596. The first-order chi connectivity index (χ1) is 6.45. The second-order valence-electron chi connectivity index (χ2n) is 3.11. The highest BCUT2D eigenvalue weighted by atomic mass is 31.2. The van der Waals surface area contributed by atoms with E-state index in [1.54, 1.807) is 6.07 Å². The summed E-state index contributed by atoms with van der Waals surface area (Å²) in [5.74, 6) is -0.122. The third-order valence-corrected chi connectivity index (χ3v) is 2.95. The molecule has 0 atom stereocenters. The zero-order valence-corrected chi connectivity index (χ0v) is 8.74. The minimum Gasteiger partial charge on any atom is -0.508 e. The van der Waals surface area contributed by atoms with Crippen LogP contribution in [0.25, 0.3) is 0 Å². The van der Waals surface area contributed by atoms with E-state index < -0.39 is 7.60 Å². The Kier molecular flexibility index (Phi) is 3.32. The first-order valence-corrected chi connectivity index (χ1v) is 5.94. The number of aryl methyl sites for hydroxylation is 1. The first-order valence-electron chi connectivity index (χ1n) is 4.33. The van der Waals surface area contributed by atoms with Crippen LogP contribution in [0.15, 0.2) is 18.2 Å². The van der Waals surface area contributed by atoms with Crippen LogP contribution >= 0.6 is 7.60 Å². The summed E-state index contributed by atoms with van der Waals surface area (Å²) in [6, 6.07) is 4.11. The van der Waals surface area contributed by atoms with Crippen LogP contribution in [0.4, 0.5) is 0 Å². The number of rotatable bonds is 3. The van der Waals surface area contributed by atoms with Gasteiger partial charge in [0.05, 0.1) is 5.30 Å². The monoisotopic (exact) mass is 216 g/mol. The Labute approximate surface area is 82.4 Å². The fourth-order valence-electron chi connectivity index (χ4n) is 1.30. The molecule has 0 spiro atoms. The predicted molar refractivity (Wildman–Crippen MR) is 53.8 cm³/mol. The Balaban J connectivity index is 3.23. The van der Waals surface area contributed by atoms with Gasteiger partial charge in [0.1, 0.15) is 5.75 Å². The summed E-state index contributed by atoms with van der Waals surface area (Å²) in [5, 5.41) is 9.06. The molecule has 5 heteroatoms. The van der Waals surface area contributed by atoms with Crippen molar-refractivity contribution in [3.05, 3.63) is 23.8 Å². The van der Waals surface area contributed by atoms with Crippen LogP contribution in [0.3, 0.4) is 0 Å². The molecular weight excluding hydrogens is 203 g/mol. The standard InChI is InChI=1S/C9H13O4P/c1-2-3-7-4-5-8(10)6-9(7)14(11,12)13/h4-6,10H,2-3H2,1H3,(H2,11,12,13). The van der Waals surface area contributed by atoms with Crippen molar-refractivity contribution in [3.63, 3.8) is 0 Å². The van der Waals surface area contributed by atoms with Gasteiger partial charge in [-0.2, -0.15) is 0 Å². The van der Waals surface area contributed by atoms with Gasteiger partial charge in [0.2, 0.25) is 0 Å². The summed E-state index contributed by atoms with van der Waals surface area (Å²) in [6.45, 7) is 1.93. The number of aromatic hydroxyl groups is 1. The molecule has 0 bridgehead atoms. The minimum atomic E-state index is -4.27. The topological polar surface area (TPSA) is 77.8 Å². The van der Waals surface area contributed by atoms with Gasteiger partial charge < -0.3 is 14.9 Å².